The van der Waals surface area contributed by atoms with Gasteiger partial charge in [-0.25, -0.2) is 8.42 Å². The molecule has 3 aromatic carbocycles. The van der Waals surface area contributed by atoms with Crippen LogP contribution in [0.15, 0.2) is 92.4 Å². The van der Waals surface area contributed by atoms with Gasteiger partial charge in [0.25, 0.3) is 5.91 Å². The number of piperazine rings is 3. The third kappa shape index (κ3) is 8.42. The molecular formula is C28H33BrN6O4S. The molecule has 1 amide bonds. The summed E-state index contributed by atoms with van der Waals surface area (Å²) in [7, 11) is -0.533. The van der Waals surface area contributed by atoms with E-state index in [2.05, 4.69) is 36.4 Å². The van der Waals surface area contributed by atoms with Crippen LogP contribution in [0, 0.1) is 0 Å². The molecule has 3 fully saturated rings. The summed E-state index contributed by atoms with van der Waals surface area (Å²) in [6.45, 7) is 7.40. The molecule has 3 heterocycles. The number of nitrogens with zero attached hydrogens (tertiary/aromatic N) is 5. The van der Waals surface area contributed by atoms with Crippen LogP contribution in [-0.4, -0.2) is 88.2 Å². The number of amides is 1. The van der Waals surface area contributed by atoms with Gasteiger partial charge in [-0.2, -0.15) is 10.2 Å². The van der Waals surface area contributed by atoms with Crippen LogP contribution in [0.4, 0.5) is 22.7 Å². The molecule has 12 heteroatoms. The summed E-state index contributed by atoms with van der Waals surface area (Å²) in [5, 5.41) is 11.0. The van der Waals surface area contributed by atoms with E-state index in [0.29, 0.717) is 17.9 Å². The van der Waals surface area contributed by atoms with Crippen LogP contribution < -0.4 is 10.2 Å². The standard InChI is InChI=1S/C14H18BrN3O.C14H15N3O3S/c15-12-1-3-13(4-2-12)16-14(19)11-18-8-5-17(6-9-18)7-10-18;1-17(2)13-7-3-11(4-8-13)15-16-12-5-9-14(10-6-12)21(18,19)20/h1-4H,5-11H2;3-10H,1-2H3,(H,18,19,20). The Kier molecular flexibility index (Phi) is 9.69. The van der Waals surface area contributed by atoms with Gasteiger partial charge < -0.3 is 19.3 Å². The Bertz CT molecular complexity index is 1410. The van der Waals surface area contributed by atoms with Crippen molar-refractivity contribution in [1.29, 1.82) is 0 Å². The largest absolute Gasteiger partial charge is 0.744 e. The van der Waals surface area contributed by atoms with Crippen LogP contribution >= 0.6 is 15.9 Å². The van der Waals surface area contributed by atoms with E-state index >= 15 is 0 Å². The third-order valence-electron chi connectivity index (χ3n) is 7.05. The van der Waals surface area contributed by atoms with Crippen molar-refractivity contribution in [3.63, 3.8) is 0 Å². The van der Waals surface area contributed by atoms with Gasteiger partial charge in [0, 0.05) is 49.6 Å². The molecule has 0 spiro atoms. The summed E-state index contributed by atoms with van der Waals surface area (Å²) in [6.07, 6.45) is 0. The first kappa shape index (κ1) is 29.8. The minimum Gasteiger partial charge on any atom is -0.744 e. The van der Waals surface area contributed by atoms with Gasteiger partial charge in [0.1, 0.15) is 10.1 Å². The summed E-state index contributed by atoms with van der Waals surface area (Å²) in [4.78, 5) is 16.4. The topological polar surface area (TPSA) is 117 Å². The second-order valence-electron chi connectivity index (χ2n) is 10.1. The van der Waals surface area contributed by atoms with Crippen LogP contribution in [0.3, 0.4) is 0 Å². The van der Waals surface area contributed by atoms with Crippen LogP contribution in [0.5, 0.6) is 0 Å². The van der Waals surface area contributed by atoms with Gasteiger partial charge in [0.2, 0.25) is 0 Å². The quantitative estimate of drug-likeness (QED) is 0.232. The number of anilines is 2. The van der Waals surface area contributed by atoms with Gasteiger partial charge in [-0.05, 0) is 72.8 Å². The molecule has 0 aromatic heterocycles. The second kappa shape index (κ2) is 13.0. The van der Waals surface area contributed by atoms with Crippen molar-refractivity contribution in [3.05, 3.63) is 77.3 Å². The predicted octanol–water partition coefficient (Wildman–Crippen LogP) is 4.61. The smallest absolute Gasteiger partial charge is 0.279 e. The lowest BCUT2D eigenvalue weighted by atomic mass is 10.1. The summed E-state index contributed by atoms with van der Waals surface area (Å²) >= 11 is 3.40. The zero-order valence-electron chi connectivity index (χ0n) is 22.5. The fraction of sp³-hybridized carbons (Fsp3) is 0.321. The highest BCUT2D eigenvalue weighted by atomic mass is 79.9. The first-order valence-corrected chi connectivity index (χ1v) is 15.1. The van der Waals surface area contributed by atoms with Gasteiger partial charge in [0.15, 0.2) is 6.54 Å². The first-order chi connectivity index (χ1) is 19.0. The van der Waals surface area contributed by atoms with Crippen LogP contribution in [0.25, 0.3) is 0 Å². The summed E-state index contributed by atoms with van der Waals surface area (Å²) < 4.78 is 34.4. The third-order valence-corrected chi connectivity index (χ3v) is 8.43. The molecule has 0 radical (unpaired) electrons. The zero-order valence-corrected chi connectivity index (χ0v) is 24.9. The summed E-state index contributed by atoms with van der Waals surface area (Å²) in [5.41, 5.74) is 3.08. The molecule has 3 aliphatic heterocycles. The lowest BCUT2D eigenvalue weighted by molar-refractivity contribution is -0.933. The monoisotopic (exact) mass is 628 g/mol. The Balaban J connectivity index is 0.000000186. The van der Waals surface area contributed by atoms with Crippen molar-refractivity contribution < 1.29 is 22.2 Å². The van der Waals surface area contributed by atoms with Gasteiger partial charge in [0.05, 0.1) is 35.9 Å². The van der Waals surface area contributed by atoms with Crippen molar-refractivity contribution in [2.45, 2.75) is 4.90 Å². The van der Waals surface area contributed by atoms with Gasteiger partial charge in [-0.15, -0.1) is 0 Å². The Morgan fingerprint density at radius 1 is 0.900 bits per heavy atom. The fourth-order valence-corrected chi connectivity index (χ4v) is 5.35. The van der Waals surface area contributed by atoms with Crippen molar-refractivity contribution in [3.8, 4) is 0 Å². The molecule has 1 N–H and O–H groups in total. The Morgan fingerprint density at radius 2 is 1.40 bits per heavy atom. The van der Waals surface area contributed by atoms with Crippen LogP contribution in [0.1, 0.15) is 0 Å². The first-order valence-electron chi connectivity index (χ1n) is 12.9. The van der Waals surface area contributed by atoms with Crippen molar-refractivity contribution >= 4 is 54.7 Å². The average molecular weight is 630 g/mol. The number of carbonyl (C=O) groups excluding carboxylic acids is 1. The maximum Gasteiger partial charge on any atom is 0.279 e. The summed E-state index contributed by atoms with van der Waals surface area (Å²) in [5.74, 6) is 0.137. The fourth-order valence-electron chi connectivity index (χ4n) is 4.62. The van der Waals surface area contributed by atoms with Gasteiger partial charge >= 0.3 is 0 Å². The normalized spacial score (nSPS) is 20.1. The average Bonchev–Trinajstić information content (AvgIpc) is 2.94. The zero-order chi connectivity index (χ0) is 28.8. The molecule has 3 saturated heterocycles. The Hall–Kier alpha value is -3.16. The molecule has 0 atom stereocenters. The lowest BCUT2D eigenvalue weighted by Crippen LogP contribution is -2.68. The number of carbonyl (C=O) groups is 1. The highest BCUT2D eigenvalue weighted by Gasteiger charge is 2.39. The number of benzene rings is 3. The Labute approximate surface area is 243 Å². The van der Waals surface area contributed by atoms with Crippen molar-refractivity contribution in [1.82, 2.24) is 4.90 Å². The number of quaternary nitrogens is 1. The van der Waals surface area contributed by atoms with E-state index in [9.17, 15) is 17.8 Å². The number of hydrogen-bond acceptors (Lipinski definition) is 8. The molecule has 10 nitrogen and oxygen atoms in total. The highest BCUT2D eigenvalue weighted by molar-refractivity contribution is 9.10. The minimum atomic E-state index is -4.43. The summed E-state index contributed by atoms with van der Waals surface area (Å²) in [6, 6.07) is 20.5. The molecule has 3 aliphatic rings. The van der Waals surface area contributed by atoms with E-state index in [1.54, 1.807) is 0 Å². The van der Waals surface area contributed by atoms with E-state index in [-0.39, 0.29) is 10.8 Å². The number of nitrogens with one attached hydrogen (secondary N) is 1. The molecule has 2 bridgehead atoms. The van der Waals surface area contributed by atoms with E-state index in [4.69, 9.17) is 0 Å². The predicted molar refractivity (Wildman–Crippen MR) is 158 cm³/mol. The molecule has 3 aromatic rings. The molecule has 6 rings (SSSR count). The molecule has 40 heavy (non-hydrogen) atoms. The van der Waals surface area contributed by atoms with Crippen LogP contribution in [0.2, 0.25) is 0 Å². The number of azo groups is 1. The molecule has 0 saturated carbocycles. The lowest BCUT2D eigenvalue weighted by Gasteiger charge is -2.50. The SMILES string of the molecule is CN(C)c1ccc(N=Nc2ccc(S(=O)(=O)[O-])cc2)cc1.O=C(C[N+]12CCN(CC1)CC2)Nc1ccc(Br)cc1. The van der Waals surface area contributed by atoms with E-state index in [1.165, 1.54) is 24.3 Å². The van der Waals surface area contributed by atoms with Crippen molar-refractivity contribution in [2.24, 2.45) is 10.2 Å². The second-order valence-corrected chi connectivity index (χ2v) is 12.4. The van der Waals surface area contributed by atoms with E-state index in [0.717, 1.165) is 59.6 Å². The van der Waals surface area contributed by atoms with Gasteiger partial charge in [-0.1, -0.05) is 15.9 Å². The maximum absolute atomic E-state index is 12.2. The number of fused-ring (bicyclic) bond motifs is 3. The molecular weight excluding hydrogens is 596 g/mol. The maximum atomic E-state index is 12.2. The van der Waals surface area contributed by atoms with E-state index in [1.807, 2.05) is 67.5 Å². The molecule has 0 unspecified atom stereocenters. The van der Waals surface area contributed by atoms with Gasteiger partial charge in [-0.3, -0.25) is 9.69 Å². The van der Waals surface area contributed by atoms with E-state index < -0.39 is 10.1 Å². The molecule has 212 valence electrons. The Morgan fingerprint density at radius 3 is 1.88 bits per heavy atom. The number of hydrogen-bond donors (Lipinski definition) is 1. The number of rotatable bonds is 7. The van der Waals surface area contributed by atoms with Crippen molar-refractivity contribution in [2.75, 3.05) is 70.1 Å². The highest BCUT2D eigenvalue weighted by Crippen LogP contribution is 2.23. The minimum absolute atomic E-state index is 0.137. The van der Waals surface area contributed by atoms with Crippen LogP contribution in [-0.2, 0) is 14.9 Å². The molecule has 0 aliphatic carbocycles. The number of halogens is 1.